The third kappa shape index (κ3) is 1.21. The van der Waals surface area contributed by atoms with E-state index in [9.17, 15) is 0 Å². The molecule has 0 bridgehead atoms. The van der Waals surface area contributed by atoms with Crippen LogP contribution in [0, 0.1) is 0 Å². The molecule has 0 saturated heterocycles. The maximum atomic E-state index is 5.68. The van der Waals surface area contributed by atoms with Crippen LogP contribution in [0.15, 0.2) is 17.8 Å². The van der Waals surface area contributed by atoms with Crippen molar-refractivity contribution in [1.29, 1.82) is 0 Å². The molecule has 5 heteroatoms. The molecule has 4 nitrogen and oxygen atoms in total. The molecule has 0 radical (unpaired) electrons. The van der Waals surface area contributed by atoms with E-state index in [0.29, 0.717) is 6.04 Å². The molecule has 0 amide bonds. The number of nitrogens with zero attached hydrogens (tertiary/aromatic N) is 3. The lowest BCUT2D eigenvalue weighted by Crippen LogP contribution is -1.94. The van der Waals surface area contributed by atoms with Gasteiger partial charge in [-0.15, -0.1) is 21.5 Å². The standard InChI is InChI=1S/C9H10N4S/c10-6-3-8(14-4-6)9-12-11-5-13(9)7-1-2-7/h3-5,7H,1-2,10H2. The van der Waals surface area contributed by atoms with Crippen LogP contribution in [0.2, 0.25) is 0 Å². The number of aromatic nitrogens is 3. The molecule has 0 aliphatic heterocycles. The fourth-order valence-corrected chi connectivity index (χ4v) is 2.29. The second-order valence-electron chi connectivity index (χ2n) is 3.54. The summed E-state index contributed by atoms with van der Waals surface area (Å²) in [5, 5.41) is 10.0. The van der Waals surface area contributed by atoms with Crippen molar-refractivity contribution in [2.24, 2.45) is 0 Å². The molecule has 0 spiro atoms. The van der Waals surface area contributed by atoms with Gasteiger partial charge in [-0.05, 0) is 18.9 Å². The summed E-state index contributed by atoms with van der Waals surface area (Å²) in [4.78, 5) is 1.10. The van der Waals surface area contributed by atoms with E-state index in [0.717, 1.165) is 16.4 Å². The summed E-state index contributed by atoms with van der Waals surface area (Å²) in [6.07, 6.45) is 4.29. The summed E-state index contributed by atoms with van der Waals surface area (Å²) in [6.45, 7) is 0. The minimum atomic E-state index is 0.614. The van der Waals surface area contributed by atoms with E-state index in [-0.39, 0.29) is 0 Å². The number of hydrogen-bond acceptors (Lipinski definition) is 4. The summed E-state index contributed by atoms with van der Waals surface area (Å²) in [5.74, 6) is 0.953. The van der Waals surface area contributed by atoms with E-state index >= 15 is 0 Å². The summed E-state index contributed by atoms with van der Waals surface area (Å²) >= 11 is 1.62. The van der Waals surface area contributed by atoms with Crippen LogP contribution in [-0.4, -0.2) is 14.8 Å². The Kier molecular flexibility index (Phi) is 1.61. The molecule has 0 unspecified atom stereocenters. The molecule has 2 N–H and O–H groups in total. The maximum Gasteiger partial charge on any atom is 0.174 e. The van der Waals surface area contributed by atoms with Crippen LogP contribution in [0.3, 0.4) is 0 Å². The second-order valence-corrected chi connectivity index (χ2v) is 4.45. The normalized spacial score (nSPS) is 16.0. The highest BCUT2D eigenvalue weighted by Gasteiger charge is 2.26. The molecule has 0 aromatic carbocycles. The monoisotopic (exact) mass is 206 g/mol. The number of nitrogen functional groups attached to an aromatic ring is 1. The van der Waals surface area contributed by atoms with Crippen LogP contribution in [0.25, 0.3) is 10.7 Å². The van der Waals surface area contributed by atoms with Gasteiger partial charge in [-0.25, -0.2) is 0 Å². The number of nitrogens with two attached hydrogens (primary N) is 1. The summed E-state index contributed by atoms with van der Waals surface area (Å²) in [7, 11) is 0. The molecule has 1 saturated carbocycles. The van der Waals surface area contributed by atoms with Gasteiger partial charge in [0.25, 0.3) is 0 Å². The van der Waals surface area contributed by atoms with Gasteiger partial charge in [0.05, 0.1) is 4.88 Å². The lowest BCUT2D eigenvalue weighted by Gasteiger charge is -2.00. The Labute approximate surface area is 85.4 Å². The van der Waals surface area contributed by atoms with E-state index < -0.39 is 0 Å². The van der Waals surface area contributed by atoms with Crippen molar-refractivity contribution in [2.75, 3.05) is 5.73 Å². The first kappa shape index (κ1) is 7.99. The smallest absolute Gasteiger partial charge is 0.174 e. The highest BCUT2D eigenvalue weighted by molar-refractivity contribution is 7.14. The summed E-state index contributed by atoms with van der Waals surface area (Å²) in [6, 6.07) is 2.57. The molecular weight excluding hydrogens is 196 g/mol. The third-order valence-corrected chi connectivity index (χ3v) is 3.30. The molecule has 72 valence electrons. The van der Waals surface area contributed by atoms with Gasteiger partial charge in [-0.1, -0.05) is 0 Å². The molecule has 1 aliphatic carbocycles. The van der Waals surface area contributed by atoms with E-state index in [2.05, 4.69) is 14.8 Å². The molecule has 2 aromatic rings. The second kappa shape index (κ2) is 2.81. The van der Waals surface area contributed by atoms with Gasteiger partial charge in [0.2, 0.25) is 0 Å². The van der Waals surface area contributed by atoms with Crippen molar-refractivity contribution in [3.05, 3.63) is 17.8 Å². The molecule has 0 atom stereocenters. The Hall–Kier alpha value is -1.36. The van der Waals surface area contributed by atoms with Gasteiger partial charge in [0.15, 0.2) is 5.82 Å². The van der Waals surface area contributed by atoms with Gasteiger partial charge in [0, 0.05) is 17.1 Å². The number of thiophene rings is 1. The highest BCUT2D eigenvalue weighted by Crippen LogP contribution is 2.38. The SMILES string of the molecule is Nc1csc(-c2nncn2C2CC2)c1. The van der Waals surface area contributed by atoms with Crippen LogP contribution in [0.4, 0.5) is 5.69 Å². The van der Waals surface area contributed by atoms with E-state index in [4.69, 9.17) is 5.73 Å². The minimum Gasteiger partial charge on any atom is -0.398 e. The van der Waals surface area contributed by atoms with Crippen molar-refractivity contribution in [2.45, 2.75) is 18.9 Å². The van der Waals surface area contributed by atoms with Gasteiger partial charge in [0.1, 0.15) is 6.33 Å². The quantitative estimate of drug-likeness (QED) is 0.816. The zero-order chi connectivity index (χ0) is 9.54. The zero-order valence-corrected chi connectivity index (χ0v) is 8.37. The Balaban J connectivity index is 2.06. The number of rotatable bonds is 2. The largest absolute Gasteiger partial charge is 0.398 e. The molecule has 3 rings (SSSR count). The molecule has 14 heavy (non-hydrogen) atoms. The Morgan fingerprint density at radius 1 is 1.50 bits per heavy atom. The van der Waals surface area contributed by atoms with Gasteiger partial charge >= 0.3 is 0 Å². The van der Waals surface area contributed by atoms with Crippen molar-refractivity contribution >= 4 is 17.0 Å². The first-order valence-corrected chi connectivity index (χ1v) is 5.46. The average Bonchev–Trinajstić information content (AvgIpc) is 2.75. The first-order chi connectivity index (χ1) is 6.84. The lowest BCUT2D eigenvalue weighted by atomic mass is 10.4. The van der Waals surface area contributed by atoms with Gasteiger partial charge < -0.3 is 10.3 Å². The zero-order valence-electron chi connectivity index (χ0n) is 7.55. The predicted molar refractivity (Wildman–Crippen MR) is 56.0 cm³/mol. The van der Waals surface area contributed by atoms with Crippen LogP contribution in [0.5, 0.6) is 0 Å². The van der Waals surface area contributed by atoms with Crippen molar-refractivity contribution < 1.29 is 0 Å². The molecule has 2 aromatic heterocycles. The molecule has 1 fully saturated rings. The molecule has 2 heterocycles. The third-order valence-electron chi connectivity index (χ3n) is 2.35. The van der Waals surface area contributed by atoms with E-state index in [1.165, 1.54) is 12.8 Å². The predicted octanol–water partition coefficient (Wildman–Crippen LogP) is 1.92. The van der Waals surface area contributed by atoms with Crippen LogP contribution in [0.1, 0.15) is 18.9 Å². The van der Waals surface area contributed by atoms with Crippen molar-refractivity contribution in [3.8, 4) is 10.7 Å². The Morgan fingerprint density at radius 3 is 3.00 bits per heavy atom. The first-order valence-electron chi connectivity index (χ1n) is 4.58. The fraction of sp³-hybridized carbons (Fsp3) is 0.333. The van der Waals surface area contributed by atoms with Gasteiger partial charge in [-0.3, -0.25) is 0 Å². The van der Waals surface area contributed by atoms with Crippen LogP contribution >= 0.6 is 11.3 Å². The minimum absolute atomic E-state index is 0.614. The van der Waals surface area contributed by atoms with Crippen LogP contribution < -0.4 is 5.73 Å². The Bertz CT molecular complexity index is 455. The molecular formula is C9H10N4S. The van der Waals surface area contributed by atoms with Crippen molar-refractivity contribution in [1.82, 2.24) is 14.8 Å². The topological polar surface area (TPSA) is 56.7 Å². The maximum absolute atomic E-state index is 5.68. The fourth-order valence-electron chi connectivity index (χ4n) is 1.51. The number of anilines is 1. The average molecular weight is 206 g/mol. The summed E-state index contributed by atoms with van der Waals surface area (Å²) in [5.41, 5.74) is 6.48. The van der Waals surface area contributed by atoms with E-state index in [1.54, 1.807) is 11.3 Å². The van der Waals surface area contributed by atoms with E-state index in [1.807, 2.05) is 17.8 Å². The Morgan fingerprint density at radius 2 is 2.36 bits per heavy atom. The number of hydrogen-bond donors (Lipinski definition) is 1. The van der Waals surface area contributed by atoms with Gasteiger partial charge in [-0.2, -0.15) is 0 Å². The lowest BCUT2D eigenvalue weighted by molar-refractivity contribution is 0.747. The summed E-state index contributed by atoms with van der Waals surface area (Å²) < 4.78 is 2.14. The molecule has 1 aliphatic rings. The van der Waals surface area contributed by atoms with Crippen molar-refractivity contribution in [3.63, 3.8) is 0 Å². The highest BCUT2D eigenvalue weighted by atomic mass is 32.1. The van der Waals surface area contributed by atoms with Crippen LogP contribution in [-0.2, 0) is 0 Å².